The lowest BCUT2D eigenvalue weighted by molar-refractivity contribution is 0.0836. The zero-order valence-corrected chi connectivity index (χ0v) is 13.0. The SMILES string of the molecule is O=P(c1ccccc1)(c1ccccc1)C1(O)CCCCC1. The van der Waals surface area contributed by atoms with E-state index in [0.717, 1.165) is 29.9 Å². The lowest BCUT2D eigenvalue weighted by Gasteiger charge is -2.39. The molecule has 3 rings (SSSR count). The van der Waals surface area contributed by atoms with Crippen molar-refractivity contribution in [2.75, 3.05) is 0 Å². The van der Waals surface area contributed by atoms with Crippen molar-refractivity contribution in [2.24, 2.45) is 0 Å². The lowest BCUT2D eigenvalue weighted by Crippen LogP contribution is -2.39. The van der Waals surface area contributed by atoms with E-state index in [1.807, 2.05) is 60.7 Å². The number of hydrogen-bond donors (Lipinski definition) is 1. The quantitative estimate of drug-likeness (QED) is 0.879. The molecule has 0 spiro atoms. The van der Waals surface area contributed by atoms with E-state index in [9.17, 15) is 9.67 Å². The first-order valence-electron chi connectivity index (χ1n) is 7.61. The molecule has 1 N–H and O–H groups in total. The smallest absolute Gasteiger partial charge is 0.173 e. The van der Waals surface area contributed by atoms with Crippen LogP contribution in [0.15, 0.2) is 60.7 Å². The lowest BCUT2D eigenvalue weighted by atomic mass is 9.97. The van der Waals surface area contributed by atoms with Crippen molar-refractivity contribution >= 4 is 17.8 Å². The topological polar surface area (TPSA) is 37.3 Å². The molecule has 110 valence electrons. The molecule has 21 heavy (non-hydrogen) atoms. The van der Waals surface area contributed by atoms with Gasteiger partial charge in [0, 0.05) is 10.6 Å². The van der Waals surface area contributed by atoms with E-state index in [1.165, 1.54) is 0 Å². The summed E-state index contributed by atoms with van der Waals surface area (Å²) in [7, 11) is -3.06. The average molecular weight is 300 g/mol. The van der Waals surface area contributed by atoms with Gasteiger partial charge in [0.2, 0.25) is 0 Å². The summed E-state index contributed by atoms with van der Waals surface area (Å²) in [6.45, 7) is 0. The Morgan fingerprint density at radius 2 is 1.19 bits per heavy atom. The van der Waals surface area contributed by atoms with Gasteiger partial charge in [-0.1, -0.05) is 79.9 Å². The minimum absolute atomic E-state index is 0.619. The monoisotopic (exact) mass is 300 g/mol. The fourth-order valence-electron chi connectivity index (χ4n) is 3.34. The molecule has 2 aromatic rings. The zero-order chi connectivity index (χ0) is 14.8. The molecule has 0 saturated heterocycles. The van der Waals surface area contributed by atoms with E-state index in [-0.39, 0.29) is 0 Å². The third-order valence-corrected chi connectivity index (χ3v) is 8.15. The fourth-order valence-corrected chi connectivity index (χ4v) is 6.73. The van der Waals surface area contributed by atoms with E-state index in [0.29, 0.717) is 12.8 Å². The van der Waals surface area contributed by atoms with Crippen LogP contribution in [0.3, 0.4) is 0 Å². The fraction of sp³-hybridized carbons (Fsp3) is 0.333. The highest BCUT2D eigenvalue weighted by atomic mass is 31.2. The van der Waals surface area contributed by atoms with Crippen LogP contribution in [0.4, 0.5) is 0 Å². The van der Waals surface area contributed by atoms with E-state index in [4.69, 9.17) is 0 Å². The second kappa shape index (κ2) is 5.79. The second-order valence-corrected chi connectivity index (χ2v) is 8.91. The maximum atomic E-state index is 14.0. The molecule has 0 unspecified atom stereocenters. The summed E-state index contributed by atoms with van der Waals surface area (Å²) in [5, 5.41) is 11.7. The standard InChI is InChI=1S/C18H21O2P/c19-18(14-8-3-9-15-18)21(20,16-10-4-1-5-11-16)17-12-6-2-7-13-17/h1-2,4-7,10-13,19H,3,8-9,14-15H2. The molecule has 1 saturated carbocycles. The number of hydrogen-bond acceptors (Lipinski definition) is 2. The second-order valence-electron chi connectivity index (χ2n) is 5.82. The largest absolute Gasteiger partial charge is 0.381 e. The minimum Gasteiger partial charge on any atom is -0.381 e. The van der Waals surface area contributed by atoms with Gasteiger partial charge in [-0.25, -0.2) is 0 Å². The van der Waals surface area contributed by atoms with E-state index in [1.54, 1.807) is 0 Å². The van der Waals surface area contributed by atoms with Gasteiger partial charge >= 0.3 is 0 Å². The molecule has 0 aromatic heterocycles. The van der Waals surface area contributed by atoms with E-state index >= 15 is 0 Å². The summed E-state index contributed by atoms with van der Waals surface area (Å²) >= 11 is 0. The third kappa shape index (κ3) is 2.47. The molecule has 0 radical (unpaired) electrons. The molecule has 0 amide bonds. The number of benzene rings is 2. The molecule has 0 aliphatic heterocycles. The van der Waals surface area contributed by atoms with Crippen LogP contribution in [0.5, 0.6) is 0 Å². The number of rotatable bonds is 3. The van der Waals surface area contributed by atoms with Gasteiger partial charge in [0.1, 0.15) is 5.34 Å². The van der Waals surface area contributed by atoms with Gasteiger partial charge in [0.15, 0.2) is 7.14 Å². The summed E-state index contributed by atoms with van der Waals surface area (Å²) in [6, 6.07) is 19.0. The molecule has 1 fully saturated rings. The van der Waals surface area contributed by atoms with Crippen LogP contribution < -0.4 is 10.6 Å². The Kier molecular flexibility index (Phi) is 4.01. The Morgan fingerprint density at radius 3 is 1.62 bits per heavy atom. The van der Waals surface area contributed by atoms with Gasteiger partial charge in [0.25, 0.3) is 0 Å². The van der Waals surface area contributed by atoms with Crippen molar-refractivity contribution in [3.05, 3.63) is 60.7 Å². The summed E-state index contributed by atoms with van der Waals surface area (Å²) in [4.78, 5) is 0. The van der Waals surface area contributed by atoms with Crippen LogP contribution >= 0.6 is 7.14 Å². The van der Waals surface area contributed by atoms with E-state index < -0.39 is 12.5 Å². The van der Waals surface area contributed by atoms with Gasteiger partial charge in [-0.3, -0.25) is 0 Å². The van der Waals surface area contributed by atoms with Crippen molar-refractivity contribution in [3.63, 3.8) is 0 Å². The van der Waals surface area contributed by atoms with Crippen molar-refractivity contribution in [2.45, 2.75) is 37.4 Å². The molecular formula is C18H21O2P. The van der Waals surface area contributed by atoms with Crippen molar-refractivity contribution in [1.29, 1.82) is 0 Å². The van der Waals surface area contributed by atoms with Gasteiger partial charge in [-0.2, -0.15) is 0 Å². The maximum absolute atomic E-state index is 14.0. The normalized spacial score (nSPS) is 18.3. The van der Waals surface area contributed by atoms with Gasteiger partial charge in [0.05, 0.1) is 0 Å². The minimum atomic E-state index is -3.06. The highest BCUT2D eigenvalue weighted by molar-refractivity contribution is 7.79. The molecule has 2 aromatic carbocycles. The van der Waals surface area contributed by atoms with Gasteiger partial charge in [-0.15, -0.1) is 0 Å². The summed E-state index contributed by atoms with van der Waals surface area (Å²) in [5.41, 5.74) is 0. The Balaban J connectivity index is 2.18. The summed E-state index contributed by atoms with van der Waals surface area (Å²) < 4.78 is 14.0. The molecule has 2 nitrogen and oxygen atoms in total. The van der Waals surface area contributed by atoms with Crippen LogP contribution in [-0.4, -0.2) is 10.4 Å². The first-order valence-corrected chi connectivity index (χ1v) is 9.31. The molecule has 1 aliphatic rings. The predicted molar refractivity (Wildman–Crippen MR) is 87.8 cm³/mol. The molecule has 1 aliphatic carbocycles. The average Bonchev–Trinajstić information content (AvgIpc) is 2.56. The first kappa shape index (κ1) is 14.6. The van der Waals surface area contributed by atoms with Crippen LogP contribution in [0.2, 0.25) is 0 Å². The van der Waals surface area contributed by atoms with Crippen LogP contribution in [0.1, 0.15) is 32.1 Å². The Labute approximate surface area is 126 Å². The van der Waals surface area contributed by atoms with Crippen molar-refractivity contribution < 1.29 is 9.67 Å². The molecular weight excluding hydrogens is 279 g/mol. The summed E-state index contributed by atoms with van der Waals surface area (Å²) in [5.74, 6) is 0. The Bertz CT molecular complexity index is 587. The first-order chi connectivity index (χ1) is 10.2. The van der Waals surface area contributed by atoms with E-state index in [2.05, 4.69) is 0 Å². The third-order valence-electron chi connectivity index (χ3n) is 4.48. The highest BCUT2D eigenvalue weighted by Gasteiger charge is 2.49. The zero-order valence-electron chi connectivity index (χ0n) is 12.1. The van der Waals surface area contributed by atoms with Crippen molar-refractivity contribution in [3.8, 4) is 0 Å². The van der Waals surface area contributed by atoms with Crippen LogP contribution in [0, 0.1) is 0 Å². The summed E-state index contributed by atoms with van der Waals surface area (Å²) in [6.07, 6.45) is 4.24. The highest BCUT2D eigenvalue weighted by Crippen LogP contribution is 2.60. The number of aliphatic hydroxyl groups is 1. The maximum Gasteiger partial charge on any atom is 0.173 e. The predicted octanol–water partition coefficient (Wildman–Crippen LogP) is 3.65. The van der Waals surface area contributed by atoms with Crippen LogP contribution in [0.25, 0.3) is 0 Å². The van der Waals surface area contributed by atoms with Crippen LogP contribution in [-0.2, 0) is 4.57 Å². The van der Waals surface area contributed by atoms with Gasteiger partial charge in [-0.05, 0) is 12.8 Å². The van der Waals surface area contributed by atoms with Gasteiger partial charge < -0.3 is 9.67 Å². The molecule has 0 heterocycles. The Morgan fingerprint density at radius 1 is 0.762 bits per heavy atom. The molecule has 0 bridgehead atoms. The molecule has 0 atom stereocenters. The molecule has 3 heteroatoms. The Hall–Kier alpha value is -1.37. The van der Waals surface area contributed by atoms with Crippen molar-refractivity contribution in [1.82, 2.24) is 0 Å².